The quantitative estimate of drug-likeness (QED) is 0.820. The zero-order chi connectivity index (χ0) is 17.7. The van der Waals surface area contributed by atoms with Crippen LogP contribution < -0.4 is 5.32 Å². The van der Waals surface area contributed by atoms with Crippen LogP contribution in [-0.2, 0) is 19.2 Å². The molecule has 2 aromatic carbocycles. The van der Waals surface area contributed by atoms with Crippen molar-refractivity contribution in [3.8, 4) is 0 Å². The average molecular weight is 341 g/mol. The predicted octanol–water partition coefficient (Wildman–Crippen LogP) is 3.31. The van der Waals surface area contributed by atoms with Gasteiger partial charge in [-0.15, -0.1) is 0 Å². The van der Waals surface area contributed by atoms with E-state index in [-0.39, 0.29) is 18.7 Å². The van der Waals surface area contributed by atoms with E-state index in [1.807, 2.05) is 0 Å². The normalized spacial score (nSPS) is 11.4. The summed E-state index contributed by atoms with van der Waals surface area (Å²) in [6, 6.07) is 9.20. The Morgan fingerprint density at radius 2 is 1.67 bits per heavy atom. The lowest BCUT2D eigenvalue weighted by atomic mass is 10.1. The number of benzene rings is 2. The Hall–Kier alpha value is -2.41. The largest absolute Gasteiger partial charge is 0.419 e. The molecule has 2 aromatic rings. The molecule has 0 aliphatic heterocycles. The summed E-state index contributed by atoms with van der Waals surface area (Å²) in [5.41, 5.74) is -0.0505. The molecule has 0 unspecified atom stereocenters. The van der Waals surface area contributed by atoms with Gasteiger partial charge in [0.25, 0.3) is 5.91 Å². The van der Waals surface area contributed by atoms with Gasteiger partial charge < -0.3 is 10.4 Å². The van der Waals surface area contributed by atoms with Crippen molar-refractivity contribution in [3.63, 3.8) is 0 Å². The SMILES string of the molecule is O=C(NCCc1ccc(CO)cc1)c1ccc(F)c(C(F)(F)F)c1. The summed E-state index contributed by atoms with van der Waals surface area (Å²) < 4.78 is 51.1. The van der Waals surface area contributed by atoms with Crippen LogP contribution in [0.15, 0.2) is 42.5 Å². The molecule has 0 atom stereocenters. The second-order valence-electron chi connectivity index (χ2n) is 5.17. The molecule has 0 aliphatic rings. The van der Waals surface area contributed by atoms with Gasteiger partial charge in [-0.25, -0.2) is 4.39 Å². The van der Waals surface area contributed by atoms with Crippen molar-refractivity contribution >= 4 is 5.91 Å². The van der Waals surface area contributed by atoms with Gasteiger partial charge in [-0.3, -0.25) is 4.79 Å². The average Bonchev–Trinajstić information content (AvgIpc) is 2.54. The molecular formula is C17H15F4NO2. The number of alkyl halides is 3. The summed E-state index contributed by atoms with van der Waals surface area (Å²) in [5.74, 6) is -2.12. The highest BCUT2D eigenvalue weighted by molar-refractivity contribution is 5.94. The maximum absolute atomic E-state index is 13.2. The summed E-state index contributed by atoms with van der Waals surface area (Å²) in [5, 5.41) is 11.4. The number of carbonyl (C=O) groups is 1. The molecule has 2 N–H and O–H groups in total. The van der Waals surface area contributed by atoms with Crippen LogP contribution in [-0.4, -0.2) is 17.6 Å². The number of nitrogens with one attached hydrogen (secondary N) is 1. The van der Waals surface area contributed by atoms with Crippen LogP contribution in [0.2, 0.25) is 0 Å². The molecule has 0 saturated heterocycles. The molecule has 0 fully saturated rings. The molecule has 0 bridgehead atoms. The third kappa shape index (κ3) is 4.55. The van der Waals surface area contributed by atoms with E-state index in [9.17, 15) is 22.4 Å². The van der Waals surface area contributed by atoms with Crippen molar-refractivity contribution in [2.24, 2.45) is 0 Å². The van der Waals surface area contributed by atoms with Crippen LogP contribution >= 0.6 is 0 Å². The number of aliphatic hydroxyl groups excluding tert-OH is 1. The van der Waals surface area contributed by atoms with Gasteiger partial charge in [0.05, 0.1) is 12.2 Å². The van der Waals surface area contributed by atoms with Gasteiger partial charge >= 0.3 is 6.18 Å². The number of rotatable bonds is 5. The van der Waals surface area contributed by atoms with Crippen molar-refractivity contribution in [2.45, 2.75) is 19.2 Å². The van der Waals surface area contributed by atoms with Crippen molar-refractivity contribution < 1.29 is 27.5 Å². The van der Waals surface area contributed by atoms with Crippen molar-refractivity contribution in [1.29, 1.82) is 0 Å². The summed E-state index contributed by atoms with van der Waals surface area (Å²) >= 11 is 0. The minimum Gasteiger partial charge on any atom is -0.392 e. The molecule has 7 heteroatoms. The predicted molar refractivity (Wildman–Crippen MR) is 79.8 cm³/mol. The van der Waals surface area contributed by atoms with Gasteiger partial charge in [-0.1, -0.05) is 24.3 Å². The van der Waals surface area contributed by atoms with Crippen LogP contribution in [0, 0.1) is 5.82 Å². The fraction of sp³-hybridized carbons (Fsp3) is 0.235. The highest BCUT2D eigenvalue weighted by Gasteiger charge is 2.34. The maximum Gasteiger partial charge on any atom is 0.419 e. The Morgan fingerprint density at radius 1 is 1.04 bits per heavy atom. The van der Waals surface area contributed by atoms with Crippen LogP contribution in [0.4, 0.5) is 17.6 Å². The van der Waals surface area contributed by atoms with E-state index in [0.29, 0.717) is 18.6 Å². The number of hydrogen-bond donors (Lipinski definition) is 2. The fourth-order valence-electron chi connectivity index (χ4n) is 2.12. The Balaban J connectivity index is 1.97. The molecule has 0 aliphatic carbocycles. The minimum absolute atomic E-state index is 0.0663. The van der Waals surface area contributed by atoms with E-state index >= 15 is 0 Å². The van der Waals surface area contributed by atoms with Gasteiger partial charge in [-0.2, -0.15) is 13.2 Å². The molecule has 1 amide bonds. The van der Waals surface area contributed by atoms with E-state index in [1.165, 1.54) is 0 Å². The van der Waals surface area contributed by atoms with Gasteiger partial charge in [0, 0.05) is 12.1 Å². The van der Waals surface area contributed by atoms with Crippen molar-refractivity contribution in [3.05, 3.63) is 70.5 Å². The molecule has 128 valence electrons. The number of aliphatic hydroxyl groups is 1. The summed E-state index contributed by atoms with van der Waals surface area (Å²) in [4.78, 5) is 11.9. The van der Waals surface area contributed by atoms with E-state index in [1.54, 1.807) is 24.3 Å². The van der Waals surface area contributed by atoms with E-state index in [2.05, 4.69) is 5.32 Å². The molecule has 0 saturated carbocycles. The summed E-state index contributed by atoms with van der Waals surface area (Å²) in [6.07, 6.45) is -4.38. The summed E-state index contributed by atoms with van der Waals surface area (Å²) in [7, 11) is 0. The second-order valence-corrected chi connectivity index (χ2v) is 5.17. The molecule has 24 heavy (non-hydrogen) atoms. The number of carbonyl (C=O) groups excluding carboxylic acids is 1. The second kappa shape index (κ2) is 7.44. The van der Waals surface area contributed by atoms with Gasteiger partial charge in [0.15, 0.2) is 0 Å². The molecule has 0 aromatic heterocycles. The fourth-order valence-corrected chi connectivity index (χ4v) is 2.12. The highest BCUT2D eigenvalue weighted by Crippen LogP contribution is 2.31. The Kier molecular flexibility index (Phi) is 5.56. The van der Waals surface area contributed by atoms with Gasteiger partial charge in [0.1, 0.15) is 5.82 Å². The zero-order valence-corrected chi connectivity index (χ0v) is 12.5. The first-order valence-corrected chi connectivity index (χ1v) is 7.15. The Bertz CT molecular complexity index is 712. The summed E-state index contributed by atoms with van der Waals surface area (Å²) in [6.45, 7) is 0.152. The van der Waals surface area contributed by atoms with E-state index in [4.69, 9.17) is 5.11 Å². The zero-order valence-electron chi connectivity index (χ0n) is 12.5. The number of halogens is 4. The lowest BCUT2D eigenvalue weighted by molar-refractivity contribution is -0.140. The van der Waals surface area contributed by atoms with Crippen molar-refractivity contribution in [1.82, 2.24) is 5.32 Å². The van der Waals surface area contributed by atoms with Gasteiger partial charge in [-0.05, 0) is 35.7 Å². The molecule has 0 radical (unpaired) electrons. The molecule has 0 heterocycles. The van der Waals surface area contributed by atoms with E-state index in [0.717, 1.165) is 17.2 Å². The van der Waals surface area contributed by atoms with E-state index < -0.39 is 23.5 Å². The van der Waals surface area contributed by atoms with Gasteiger partial charge in [0.2, 0.25) is 0 Å². The Labute approximate surface area is 135 Å². The first kappa shape index (κ1) is 17.9. The topological polar surface area (TPSA) is 49.3 Å². The highest BCUT2D eigenvalue weighted by atomic mass is 19.4. The first-order chi connectivity index (χ1) is 11.3. The Morgan fingerprint density at radius 3 is 2.25 bits per heavy atom. The lowest BCUT2D eigenvalue weighted by Gasteiger charge is -2.10. The first-order valence-electron chi connectivity index (χ1n) is 7.15. The number of hydrogen-bond acceptors (Lipinski definition) is 2. The third-order valence-corrected chi connectivity index (χ3v) is 3.44. The lowest BCUT2D eigenvalue weighted by Crippen LogP contribution is -2.26. The molecule has 3 nitrogen and oxygen atoms in total. The monoisotopic (exact) mass is 341 g/mol. The van der Waals surface area contributed by atoms with Crippen LogP contribution in [0.1, 0.15) is 27.0 Å². The molecular weight excluding hydrogens is 326 g/mol. The minimum atomic E-state index is -4.85. The third-order valence-electron chi connectivity index (χ3n) is 3.44. The maximum atomic E-state index is 13.2. The molecule has 2 rings (SSSR count). The van der Waals surface area contributed by atoms with Crippen LogP contribution in [0.3, 0.4) is 0 Å². The number of amides is 1. The van der Waals surface area contributed by atoms with Crippen molar-refractivity contribution in [2.75, 3.05) is 6.54 Å². The molecule has 0 spiro atoms. The van der Waals surface area contributed by atoms with Crippen LogP contribution in [0.25, 0.3) is 0 Å². The smallest absolute Gasteiger partial charge is 0.392 e. The standard InChI is InChI=1S/C17H15F4NO2/c18-15-6-5-13(9-14(15)17(19,20)21)16(24)22-8-7-11-1-3-12(10-23)4-2-11/h1-6,9,23H,7-8,10H2,(H,22,24). The van der Waals surface area contributed by atoms with Crippen LogP contribution in [0.5, 0.6) is 0 Å².